The van der Waals surface area contributed by atoms with Crippen molar-refractivity contribution in [2.24, 2.45) is 0 Å². The van der Waals surface area contributed by atoms with Crippen LogP contribution in [0.25, 0.3) is 0 Å². The summed E-state index contributed by atoms with van der Waals surface area (Å²) in [7, 11) is 0. The molecule has 0 aliphatic heterocycles. The van der Waals surface area contributed by atoms with Crippen molar-refractivity contribution in [1.82, 2.24) is 5.32 Å². The van der Waals surface area contributed by atoms with E-state index in [-0.39, 0.29) is 12.4 Å². The van der Waals surface area contributed by atoms with Gasteiger partial charge >= 0.3 is 5.97 Å². The van der Waals surface area contributed by atoms with E-state index >= 15 is 0 Å². The Kier molecular flexibility index (Phi) is 6.75. The predicted octanol–water partition coefficient (Wildman–Crippen LogP) is 1.71. The zero-order valence-electron chi connectivity index (χ0n) is 8.64. The van der Waals surface area contributed by atoms with E-state index in [1.165, 1.54) is 0 Å². The lowest BCUT2D eigenvalue weighted by Crippen LogP contribution is -2.38. The number of hydrogen-bond acceptors (Lipinski definition) is 2. The van der Waals surface area contributed by atoms with Crippen LogP contribution in [0.3, 0.4) is 0 Å². The van der Waals surface area contributed by atoms with E-state index in [1.807, 2.05) is 37.3 Å². The van der Waals surface area contributed by atoms with Gasteiger partial charge in [-0.15, -0.1) is 12.4 Å². The maximum Gasteiger partial charge on any atom is 0.321 e. The summed E-state index contributed by atoms with van der Waals surface area (Å²) in [6.07, 6.45) is 0.532. The highest BCUT2D eigenvalue weighted by Gasteiger charge is 2.15. The highest BCUT2D eigenvalue weighted by Crippen LogP contribution is 2.03. The highest BCUT2D eigenvalue weighted by molar-refractivity contribution is 5.85. The predicted molar refractivity (Wildman–Crippen MR) is 62.5 cm³/mol. The number of aliphatic carboxylic acids is 1. The topological polar surface area (TPSA) is 49.3 Å². The second-order valence-corrected chi connectivity index (χ2v) is 3.14. The first-order chi connectivity index (χ1) is 6.74. The Hall–Kier alpha value is -1.06. The Morgan fingerprint density at radius 3 is 2.47 bits per heavy atom. The molecule has 0 aliphatic carbocycles. The molecule has 2 N–H and O–H groups in total. The minimum atomic E-state index is -0.796. The standard InChI is InChI=1S/C11H15NO2.ClH/c1-2-12-10(11(13)14)8-9-6-4-3-5-7-9;/h3-7,10,12H,2,8H2,1H3,(H,13,14);1H. The lowest BCUT2D eigenvalue weighted by atomic mass is 10.1. The molecule has 4 heteroatoms. The number of nitrogens with one attached hydrogen (secondary N) is 1. The molecule has 0 amide bonds. The summed E-state index contributed by atoms with van der Waals surface area (Å²) < 4.78 is 0. The van der Waals surface area contributed by atoms with Gasteiger partial charge in [0.1, 0.15) is 6.04 Å². The fraction of sp³-hybridized carbons (Fsp3) is 0.364. The number of halogens is 1. The molecule has 0 aliphatic rings. The molecule has 0 fully saturated rings. The number of carboxylic acids is 1. The van der Waals surface area contributed by atoms with Gasteiger partial charge in [-0.2, -0.15) is 0 Å². The zero-order valence-corrected chi connectivity index (χ0v) is 9.46. The van der Waals surface area contributed by atoms with Gasteiger partial charge in [0.05, 0.1) is 0 Å². The molecule has 0 saturated heterocycles. The average molecular weight is 230 g/mol. The molecule has 0 spiro atoms. The van der Waals surface area contributed by atoms with Crippen molar-refractivity contribution in [3.05, 3.63) is 35.9 Å². The van der Waals surface area contributed by atoms with Gasteiger partial charge in [0.2, 0.25) is 0 Å². The first-order valence-corrected chi connectivity index (χ1v) is 4.74. The van der Waals surface area contributed by atoms with Crippen molar-refractivity contribution in [3.8, 4) is 0 Å². The lowest BCUT2D eigenvalue weighted by molar-refractivity contribution is -0.139. The van der Waals surface area contributed by atoms with Crippen molar-refractivity contribution in [2.45, 2.75) is 19.4 Å². The minimum absolute atomic E-state index is 0. The monoisotopic (exact) mass is 229 g/mol. The van der Waals surface area contributed by atoms with Crippen LogP contribution in [-0.2, 0) is 11.2 Å². The summed E-state index contributed by atoms with van der Waals surface area (Å²) in [5, 5.41) is 11.8. The summed E-state index contributed by atoms with van der Waals surface area (Å²) in [6.45, 7) is 2.57. The molecule has 15 heavy (non-hydrogen) atoms. The molecule has 0 saturated carbocycles. The zero-order chi connectivity index (χ0) is 10.4. The molecule has 0 heterocycles. The number of hydrogen-bond donors (Lipinski definition) is 2. The van der Waals surface area contributed by atoms with Crippen molar-refractivity contribution < 1.29 is 9.90 Å². The van der Waals surface area contributed by atoms with E-state index in [4.69, 9.17) is 5.11 Å². The van der Waals surface area contributed by atoms with Crippen LogP contribution >= 0.6 is 12.4 Å². The third-order valence-corrected chi connectivity index (χ3v) is 2.03. The van der Waals surface area contributed by atoms with Gasteiger partial charge in [0, 0.05) is 0 Å². The molecular weight excluding hydrogens is 214 g/mol. The summed E-state index contributed by atoms with van der Waals surface area (Å²) in [4.78, 5) is 10.8. The maximum absolute atomic E-state index is 10.8. The SMILES string of the molecule is CCNC(Cc1ccccc1)C(=O)O.Cl. The smallest absolute Gasteiger partial charge is 0.321 e. The summed E-state index contributed by atoms with van der Waals surface area (Å²) in [5.74, 6) is -0.796. The fourth-order valence-corrected chi connectivity index (χ4v) is 1.34. The van der Waals surface area contributed by atoms with E-state index in [0.29, 0.717) is 13.0 Å². The number of rotatable bonds is 5. The van der Waals surface area contributed by atoms with Crippen molar-refractivity contribution in [3.63, 3.8) is 0 Å². The van der Waals surface area contributed by atoms with Crippen LogP contribution in [0, 0.1) is 0 Å². The highest BCUT2D eigenvalue weighted by atomic mass is 35.5. The van der Waals surface area contributed by atoms with Crippen LogP contribution < -0.4 is 5.32 Å². The fourth-order valence-electron chi connectivity index (χ4n) is 1.34. The summed E-state index contributed by atoms with van der Waals surface area (Å²) in [6, 6.07) is 9.15. The van der Waals surface area contributed by atoms with Crippen LogP contribution in [0.4, 0.5) is 0 Å². The quantitative estimate of drug-likeness (QED) is 0.808. The number of carbonyl (C=O) groups is 1. The molecule has 1 aromatic rings. The Morgan fingerprint density at radius 1 is 1.40 bits per heavy atom. The Labute approximate surface area is 95.9 Å². The first-order valence-electron chi connectivity index (χ1n) is 4.74. The van der Waals surface area contributed by atoms with E-state index in [9.17, 15) is 4.79 Å². The van der Waals surface area contributed by atoms with Crippen LogP contribution in [-0.4, -0.2) is 23.7 Å². The normalized spacial score (nSPS) is 11.5. The van der Waals surface area contributed by atoms with Gasteiger partial charge in [-0.1, -0.05) is 37.3 Å². The minimum Gasteiger partial charge on any atom is -0.480 e. The third-order valence-electron chi connectivity index (χ3n) is 2.03. The molecule has 84 valence electrons. The van der Waals surface area contributed by atoms with Gasteiger partial charge in [-0.25, -0.2) is 0 Å². The Balaban J connectivity index is 0.00000196. The average Bonchev–Trinajstić information content (AvgIpc) is 2.18. The van der Waals surface area contributed by atoms with Crippen LogP contribution in [0.1, 0.15) is 12.5 Å². The second kappa shape index (κ2) is 7.26. The molecule has 1 unspecified atom stereocenters. The molecule has 0 bridgehead atoms. The molecule has 0 aromatic heterocycles. The van der Waals surface area contributed by atoms with Crippen LogP contribution in [0.15, 0.2) is 30.3 Å². The van der Waals surface area contributed by atoms with Crippen molar-refractivity contribution in [1.29, 1.82) is 0 Å². The maximum atomic E-state index is 10.8. The van der Waals surface area contributed by atoms with Crippen LogP contribution in [0.5, 0.6) is 0 Å². The van der Waals surface area contributed by atoms with E-state index < -0.39 is 12.0 Å². The second-order valence-electron chi connectivity index (χ2n) is 3.14. The van der Waals surface area contributed by atoms with E-state index in [1.54, 1.807) is 0 Å². The summed E-state index contributed by atoms with van der Waals surface area (Å²) in [5.41, 5.74) is 1.04. The summed E-state index contributed by atoms with van der Waals surface area (Å²) >= 11 is 0. The largest absolute Gasteiger partial charge is 0.480 e. The number of benzene rings is 1. The molecular formula is C11H16ClNO2. The first kappa shape index (κ1) is 13.9. The van der Waals surface area contributed by atoms with Crippen molar-refractivity contribution >= 4 is 18.4 Å². The lowest BCUT2D eigenvalue weighted by Gasteiger charge is -2.12. The van der Waals surface area contributed by atoms with Gasteiger partial charge in [-0.3, -0.25) is 4.79 Å². The number of carboxylic acid groups (broad SMARTS) is 1. The van der Waals surface area contributed by atoms with Gasteiger partial charge in [0.25, 0.3) is 0 Å². The molecule has 1 atom stereocenters. The Bertz CT molecular complexity index is 290. The third kappa shape index (κ3) is 4.81. The number of likely N-dealkylation sites (N-methyl/N-ethyl adjacent to an activating group) is 1. The Morgan fingerprint density at radius 2 is 2.00 bits per heavy atom. The van der Waals surface area contributed by atoms with Crippen molar-refractivity contribution in [2.75, 3.05) is 6.54 Å². The van der Waals surface area contributed by atoms with Crippen LogP contribution in [0.2, 0.25) is 0 Å². The molecule has 1 rings (SSSR count). The van der Waals surface area contributed by atoms with Gasteiger partial charge < -0.3 is 10.4 Å². The molecule has 3 nitrogen and oxygen atoms in total. The molecule has 0 radical (unpaired) electrons. The molecule has 1 aromatic carbocycles. The van der Waals surface area contributed by atoms with Gasteiger partial charge in [-0.05, 0) is 18.5 Å². The van der Waals surface area contributed by atoms with Gasteiger partial charge in [0.15, 0.2) is 0 Å². The van der Waals surface area contributed by atoms with E-state index in [2.05, 4.69) is 5.32 Å². The van der Waals surface area contributed by atoms with E-state index in [0.717, 1.165) is 5.56 Å².